The molecule has 2 saturated heterocycles. The molecule has 4 fully saturated rings. The Kier molecular flexibility index (Phi) is 14.3. The number of anilines is 2. The molecule has 3 aromatic carbocycles. The van der Waals surface area contributed by atoms with Gasteiger partial charge in [-0.2, -0.15) is 10.2 Å². The van der Waals surface area contributed by atoms with Crippen LogP contribution in [0.4, 0.5) is 11.4 Å². The molecule has 4 aliphatic rings. The summed E-state index contributed by atoms with van der Waals surface area (Å²) < 4.78 is 15.5. The SMILES string of the molecule is Cc1cc(-c2cnc3c(NCC4CN(C)CCO4)cc(Cl)nn23)ccc1C(=O)NC1CC1.Cc1cc(-c2cnc3c(NCC4CN(C)CCO4)cc(Sc4ccccc4)nn23)ccc1C(=O)NC1CC1. The molecular formula is C52H59ClN12O4S. The van der Waals surface area contributed by atoms with Gasteiger partial charge in [0.15, 0.2) is 16.4 Å². The summed E-state index contributed by atoms with van der Waals surface area (Å²) in [4.78, 5) is 40.1. The van der Waals surface area contributed by atoms with E-state index in [-0.39, 0.29) is 24.0 Å². The number of fused-ring (bicyclic) bond motifs is 2. The van der Waals surface area contributed by atoms with E-state index >= 15 is 0 Å². The molecule has 2 amide bonds. The average Bonchev–Trinajstić information content (AvgIpc) is 4.27. The number of halogens is 1. The lowest BCUT2D eigenvalue weighted by Gasteiger charge is -2.30. The minimum Gasteiger partial charge on any atom is -0.379 e. The monoisotopic (exact) mass is 982 g/mol. The number of aromatic nitrogens is 6. The van der Waals surface area contributed by atoms with Crippen molar-refractivity contribution >= 4 is 57.8 Å². The van der Waals surface area contributed by atoms with E-state index < -0.39 is 0 Å². The van der Waals surface area contributed by atoms with Crippen LogP contribution in [-0.2, 0) is 9.47 Å². The van der Waals surface area contributed by atoms with Crippen molar-refractivity contribution in [3.05, 3.63) is 119 Å². The van der Waals surface area contributed by atoms with Crippen molar-refractivity contribution in [2.75, 3.05) is 77.2 Å². The number of imidazole rings is 2. The van der Waals surface area contributed by atoms with Crippen LogP contribution in [0.3, 0.4) is 0 Å². The zero-order valence-corrected chi connectivity index (χ0v) is 41.5. The molecule has 0 radical (unpaired) electrons. The van der Waals surface area contributed by atoms with Crippen molar-refractivity contribution in [1.82, 2.24) is 49.6 Å². The quantitative estimate of drug-likeness (QED) is 0.0848. The Morgan fingerprint density at radius 1 is 0.671 bits per heavy atom. The second-order valence-electron chi connectivity index (χ2n) is 18.8. The van der Waals surface area contributed by atoms with E-state index in [0.29, 0.717) is 47.1 Å². The number of carbonyl (C=O) groups is 2. The highest BCUT2D eigenvalue weighted by Gasteiger charge is 2.27. The van der Waals surface area contributed by atoms with Gasteiger partial charge in [-0.1, -0.05) is 53.7 Å². The second-order valence-corrected chi connectivity index (χ2v) is 20.3. The number of nitrogens with zero attached hydrogens (tertiary/aromatic N) is 8. The molecule has 16 nitrogen and oxygen atoms in total. The number of nitrogens with one attached hydrogen (secondary N) is 4. The summed E-state index contributed by atoms with van der Waals surface area (Å²) in [7, 11) is 4.22. The molecule has 0 spiro atoms. The Balaban J connectivity index is 0.000000165. The van der Waals surface area contributed by atoms with E-state index in [2.05, 4.69) is 73.4 Å². The van der Waals surface area contributed by atoms with Gasteiger partial charge in [0.1, 0.15) is 5.03 Å². The second kappa shape index (κ2) is 21.1. The first-order valence-corrected chi connectivity index (χ1v) is 25.3. The third-order valence-electron chi connectivity index (χ3n) is 12.9. The minimum absolute atomic E-state index is 0.00331. The first kappa shape index (κ1) is 47.6. The maximum atomic E-state index is 12.6. The summed E-state index contributed by atoms with van der Waals surface area (Å²) in [5, 5.41) is 23.8. The summed E-state index contributed by atoms with van der Waals surface area (Å²) in [5.74, 6) is -0.0191. The lowest BCUT2D eigenvalue weighted by Crippen LogP contribution is -2.43. The number of hydrogen-bond donors (Lipinski definition) is 4. The van der Waals surface area contributed by atoms with Crippen LogP contribution in [-0.4, -0.2) is 142 Å². The van der Waals surface area contributed by atoms with Crippen LogP contribution in [0, 0.1) is 13.8 Å². The largest absolute Gasteiger partial charge is 0.379 e. The number of hydrogen-bond acceptors (Lipinski definition) is 13. The number of carbonyl (C=O) groups excluding carboxylic acids is 2. The summed E-state index contributed by atoms with van der Waals surface area (Å²) in [6.07, 6.45) is 8.13. The molecule has 364 valence electrons. The van der Waals surface area contributed by atoms with E-state index in [4.69, 9.17) is 31.2 Å². The van der Waals surface area contributed by atoms with E-state index in [0.717, 1.165) is 126 Å². The standard InChI is InChI=1S/C29H32N6O2S.C23H27ClN6O2/c1-19-14-20(8-11-24(19)29(36)32-21-9-10-21)26-17-31-28-25(30-16-22-18-34(2)12-13-37-22)15-27(33-35(26)28)38-23-6-4-3-5-7-23;1-14-9-15(3-6-18(14)23(31)27-16-4-5-16)20-12-26-22-19(10-21(24)28-30(20)22)25-11-17-13-29(2)7-8-32-17/h3-8,11,14-15,17,21-22,30H,9-10,12-13,16,18H2,1-2H3,(H,32,36);3,6,9-10,12,16-17,25H,4-5,7-8,11,13H2,1-2H3,(H,27,31). The van der Waals surface area contributed by atoms with Gasteiger partial charge in [-0.3, -0.25) is 9.59 Å². The molecule has 7 aromatic rings. The fourth-order valence-corrected chi connectivity index (χ4v) is 9.78. The van der Waals surface area contributed by atoms with Gasteiger partial charge in [-0.05, 0) is 107 Å². The number of morpholine rings is 2. The van der Waals surface area contributed by atoms with Crippen molar-refractivity contribution < 1.29 is 19.1 Å². The summed E-state index contributed by atoms with van der Waals surface area (Å²) >= 11 is 7.96. The molecule has 2 aliphatic carbocycles. The van der Waals surface area contributed by atoms with Crippen molar-refractivity contribution in [2.45, 2.75) is 73.7 Å². The van der Waals surface area contributed by atoms with Gasteiger partial charge in [0.2, 0.25) is 0 Å². The van der Waals surface area contributed by atoms with Gasteiger partial charge in [0, 0.05) is 84.6 Å². The van der Waals surface area contributed by atoms with Crippen LogP contribution in [0.15, 0.2) is 101 Å². The zero-order valence-electron chi connectivity index (χ0n) is 40.0. The van der Waals surface area contributed by atoms with Crippen LogP contribution in [0.5, 0.6) is 0 Å². The van der Waals surface area contributed by atoms with E-state index in [1.165, 1.54) is 0 Å². The van der Waals surface area contributed by atoms with Crippen molar-refractivity contribution in [3.8, 4) is 22.5 Å². The highest BCUT2D eigenvalue weighted by atomic mass is 35.5. The van der Waals surface area contributed by atoms with Crippen LogP contribution < -0.4 is 21.3 Å². The number of aryl methyl sites for hydroxylation is 2. The summed E-state index contributed by atoms with van der Waals surface area (Å²) in [6, 6.07) is 26.5. The number of benzene rings is 3. The maximum absolute atomic E-state index is 12.6. The fourth-order valence-electron chi connectivity index (χ4n) is 8.76. The molecule has 11 rings (SSSR count). The smallest absolute Gasteiger partial charge is 0.251 e. The lowest BCUT2D eigenvalue weighted by atomic mass is 10.0. The fraction of sp³-hybridized carbons (Fsp3) is 0.385. The normalized spacial score (nSPS) is 18.6. The Morgan fingerprint density at radius 2 is 1.17 bits per heavy atom. The van der Waals surface area contributed by atoms with Gasteiger partial charge in [-0.25, -0.2) is 19.0 Å². The van der Waals surface area contributed by atoms with E-state index in [1.54, 1.807) is 28.5 Å². The Morgan fingerprint density at radius 3 is 1.66 bits per heavy atom. The number of likely N-dealkylation sites (N-methyl/N-ethyl adjacent to an activating group) is 2. The van der Waals surface area contributed by atoms with Gasteiger partial charge in [-0.15, -0.1) is 0 Å². The molecule has 4 N–H and O–H groups in total. The lowest BCUT2D eigenvalue weighted by molar-refractivity contribution is -0.0118. The van der Waals surface area contributed by atoms with Crippen molar-refractivity contribution in [3.63, 3.8) is 0 Å². The predicted octanol–water partition coefficient (Wildman–Crippen LogP) is 7.48. The van der Waals surface area contributed by atoms with Gasteiger partial charge in [0.05, 0.1) is 60.6 Å². The molecule has 6 heterocycles. The predicted molar refractivity (Wildman–Crippen MR) is 274 cm³/mol. The van der Waals surface area contributed by atoms with Crippen LogP contribution in [0.25, 0.3) is 33.8 Å². The molecule has 0 bridgehead atoms. The molecule has 2 saturated carbocycles. The molecule has 2 aliphatic heterocycles. The van der Waals surface area contributed by atoms with Crippen molar-refractivity contribution in [1.29, 1.82) is 0 Å². The third kappa shape index (κ3) is 11.4. The first-order chi connectivity index (χ1) is 34.0. The molecular weight excluding hydrogens is 924 g/mol. The van der Waals surface area contributed by atoms with Gasteiger partial charge in [0.25, 0.3) is 11.8 Å². The van der Waals surface area contributed by atoms with Crippen LogP contribution in [0.1, 0.15) is 57.5 Å². The molecule has 70 heavy (non-hydrogen) atoms. The van der Waals surface area contributed by atoms with E-state index in [1.807, 2.05) is 79.2 Å². The number of ether oxygens (including phenoxy) is 2. The van der Waals surface area contributed by atoms with Gasteiger partial charge < -0.3 is 40.5 Å². The van der Waals surface area contributed by atoms with E-state index in [9.17, 15) is 9.59 Å². The average molecular weight is 984 g/mol. The summed E-state index contributed by atoms with van der Waals surface area (Å²) in [6.45, 7) is 10.4. The molecule has 18 heteroatoms. The first-order valence-electron chi connectivity index (χ1n) is 24.1. The van der Waals surface area contributed by atoms with Gasteiger partial charge >= 0.3 is 0 Å². The van der Waals surface area contributed by atoms with Crippen molar-refractivity contribution in [2.24, 2.45) is 0 Å². The Bertz CT molecular complexity index is 3010. The Labute approximate surface area is 416 Å². The number of amides is 2. The topological polar surface area (TPSA) is 168 Å². The van der Waals surface area contributed by atoms with Crippen LogP contribution >= 0.6 is 23.4 Å². The Hall–Kier alpha value is -6.08. The zero-order chi connectivity index (χ0) is 48.3. The maximum Gasteiger partial charge on any atom is 0.251 e. The highest BCUT2D eigenvalue weighted by Crippen LogP contribution is 2.33. The third-order valence-corrected chi connectivity index (χ3v) is 14.0. The summed E-state index contributed by atoms with van der Waals surface area (Å²) in [5.41, 5.74) is 10.0. The van der Waals surface area contributed by atoms with Crippen LogP contribution in [0.2, 0.25) is 5.15 Å². The molecule has 2 atom stereocenters. The highest BCUT2D eigenvalue weighted by molar-refractivity contribution is 7.99. The minimum atomic E-state index is -0.0158. The molecule has 4 aromatic heterocycles. The molecule has 2 unspecified atom stereocenters. The number of rotatable bonds is 14.